The Bertz CT molecular complexity index is 895. The van der Waals surface area contributed by atoms with Gasteiger partial charge < -0.3 is 4.42 Å². The average molecular weight is 314 g/mol. The van der Waals surface area contributed by atoms with E-state index in [0.717, 1.165) is 11.0 Å². The lowest BCUT2D eigenvalue weighted by Crippen LogP contribution is -2.19. The average Bonchev–Trinajstić information content (AvgIpc) is 2.98. The summed E-state index contributed by atoms with van der Waals surface area (Å²) in [5, 5.41) is 4.87. The van der Waals surface area contributed by atoms with Crippen LogP contribution in [0.5, 0.6) is 0 Å². The van der Waals surface area contributed by atoms with Crippen LogP contribution in [0.15, 0.2) is 75.1 Å². The molecule has 0 saturated carbocycles. The molecule has 1 heterocycles. The van der Waals surface area contributed by atoms with Crippen LogP contribution in [0.2, 0.25) is 0 Å². The Balaban J connectivity index is 1.86. The second kappa shape index (κ2) is 5.65. The molecule has 0 radical (unpaired) electrons. The van der Waals surface area contributed by atoms with E-state index in [-0.39, 0.29) is 4.90 Å². The maximum absolute atomic E-state index is 12.1. The zero-order chi connectivity index (χ0) is 15.6. The lowest BCUT2D eigenvalue weighted by Gasteiger charge is -2.03. The van der Waals surface area contributed by atoms with Crippen LogP contribution in [0.4, 0.5) is 0 Å². The number of benzene rings is 2. The molecular formula is C16H14N2O3S. The van der Waals surface area contributed by atoms with Gasteiger partial charge in [0.25, 0.3) is 10.0 Å². The number of hydrogen-bond acceptors (Lipinski definition) is 4. The van der Waals surface area contributed by atoms with Crippen molar-refractivity contribution in [2.45, 2.75) is 11.8 Å². The van der Waals surface area contributed by atoms with Crippen molar-refractivity contribution in [1.82, 2.24) is 4.83 Å². The number of para-hydroxylation sites is 1. The maximum atomic E-state index is 12.1. The van der Waals surface area contributed by atoms with E-state index in [1.807, 2.05) is 30.3 Å². The summed E-state index contributed by atoms with van der Waals surface area (Å²) in [4.78, 5) is 2.38. The molecular weight excluding hydrogens is 300 g/mol. The quantitative estimate of drug-likeness (QED) is 0.594. The molecule has 2 aromatic carbocycles. The highest BCUT2D eigenvalue weighted by atomic mass is 32.2. The van der Waals surface area contributed by atoms with E-state index in [2.05, 4.69) is 9.93 Å². The Morgan fingerprint density at radius 2 is 1.73 bits per heavy atom. The van der Waals surface area contributed by atoms with Crippen LogP contribution in [-0.2, 0) is 10.0 Å². The molecule has 5 nitrogen and oxygen atoms in total. The second-order valence-electron chi connectivity index (χ2n) is 4.75. The van der Waals surface area contributed by atoms with Gasteiger partial charge in [0.05, 0.1) is 4.90 Å². The van der Waals surface area contributed by atoms with Gasteiger partial charge in [0.2, 0.25) is 0 Å². The molecule has 0 atom stereocenters. The number of furan rings is 1. The molecule has 6 heteroatoms. The predicted molar refractivity (Wildman–Crippen MR) is 85.2 cm³/mol. The van der Waals surface area contributed by atoms with Gasteiger partial charge in [-0.25, -0.2) is 0 Å². The van der Waals surface area contributed by atoms with Gasteiger partial charge in [-0.15, -0.1) is 0 Å². The first-order chi connectivity index (χ1) is 10.6. The largest absolute Gasteiger partial charge is 0.455 e. The van der Waals surface area contributed by atoms with Crippen molar-refractivity contribution < 1.29 is 12.8 Å². The van der Waals surface area contributed by atoms with Crippen LogP contribution in [0.3, 0.4) is 0 Å². The molecule has 0 aliphatic rings. The van der Waals surface area contributed by atoms with Gasteiger partial charge >= 0.3 is 0 Å². The number of sulfonamides is 1. The summed E-state index contributed by atoms with van der Waals surface area (Å²) in [7, 11) is -3.67. The summed E-state index contributed by atoms with van der Waals surface area (Å²) in [5.41, 5.74) is 1.19. The summed E-state index contributed by atoms with van der Waals surface area (Å²) in [6.07, 6.45) is 0. The van der Waals surface area contributed by atoms with Crippen LogP contribution in [0.1, 0.15) is 12.7 Å². The van der Waals surface area contributed by atoms with Crippen LogP contribution in [0, 0.1) is 0 Å². The first-order valence-corrected chi connectivity index (χ1v) is 8.15. The molecule has 22 heavy (non-hydrogen) atoms. The van der Waals surface area contributed by atoms with Crippen LogP contribution < -0.4 is 4.83 Å². The van der Waals surface area contributed by atoms with Crippen LogP contribution in [-0.4, -0.2) is 14.1 Å². The predicted octanol–water partition coefficient (Wildman–Crippen LogP) is 3.14. The standard InChI is InChI=1S/C16H14N2O3S/c1-12(16-11-13-7-5-6-10-15(13)21-16)17-18-22(19,20)14-8-3-2-4-9-14/h2-11,18H,1H3/b17-12-. The fraction of sp³-hybridized carbons (Fsp3) is 0.0625. The van der Waals surface area contributed by atoms with Crippen molar-refractivity contribution in [1.29, 1.82) is 0 Å². The first kappa shape index (κ1) is 14.3. The molecule has 0 spiro atoms. The number of rotatable bonds is 4. The fourth-order valence-electron chi connectivity index (χ4n) is 2.00. The smallest absolute Gasteiger partial charge is 0.276 e. The van der Waals surface area contributed by atoms with Gasteiger partial charge in [-0.05, 0) is 31.2 Å². The number of hydrazone groups is 1. The monoisotopic (exact) mass is 314 g/mol. The Labute approximate surface area is 128 Å². The molecule has 0 aliphatic heterocycles. The summed E-state index contributed by atoms with van der Waals surface area (Å²) < 4.78 is 29.8. The summed E-state index contributed by atoms with van der Waals surface area (Å²) in [6, 6.07) is 17.5. The van der Waals surface area contributed by atoms with Crippen molar-refractivity contribution in [3.05, 3.63) is 66.4 Å². The third-order valence-corrected chi connectivity index (χ3v) is 4.39. The van der Waals surface area contributed by atoms with E-state index in [0.29, 0.717) is 11.5 Å². The van der Waals surface area contributed by atoms with Crippen molar-refractivity contribution in [3.8, 4) is 0 Å². The minimum Gasteiger partial charge on any atom is -0.455 e. The Kier molecular flexibility index (Phi) is 3.68. The van der Waals surface area contributed by atoms with Crippen molar-refractivity contribution >= 4 is 26.7 Å². The number of fused-ring (bicyclic) bond motifs is 1. The molecule has 0 fully saturated rings. The zero-order valence-electron chi connectivity index (χ0n) is 11.9. The molecule has 112 valence electrons. The molecule has 0 amide bonds. The van der Waals surface area contributed by atoms with E-state index in [4.69, 9.17) is 4.42 Å². The molecule has 1 aromatic heterocycles. The van der Waals surface area contributed by atoms with E-state index in [1.165, 1.54) is 12.1 Å². The van der Waals surface area contributed by atoms with Crippen molar-refractivity contribution in [2.24, 2.45) is 5.10 Å². The Hall–Kier alpha value is -2.60. The van der Waals surface area contributed by atoms with E-state index in [1.54, 1.807) is 25.1 Å². The molecule has 0 unspecified atom stereocenters. The third-order valence-electron chi connectivity index (χ3n) is 3.17. The van der Waals surface area contributed by atoms with E-state index in [9.17, 15) is 8.42 Å². The number of nitrogens with zero attached hydrogens (tertiary/aromatic N) is 1. The van der Waals surface area contributed by atoms with Crippen molar-refractivity contribution in [3.63, 3.8) is 0 Å². The van der Waals surface area contributed by atoms with Crippen LogP contribution >= 0.6 is 0 Å². The molecule has 0 saturated heterocycles. The molecule has 3 aromatic rings. The van der Waals surface area contributed by atoms with Gasteiger partial charge in [0.1, 0.15) is 11.3 Å². The van der Waals surface area contributed by atoms with Gasteiger partial charge in [-0.1, -0.05) is 36.4 Å². The first-order valence-electron chi connectivity index (χ1n) is 6.66. The van der Waals surface area contributed by atoms with E-state index >= 15 is 0 Å². The zero-order valence-corrected chi connectivity index (χ0v) is 12.7. The summed E-state index contributed by atoms with van der Waals surface area (Å²) in [6.45, 7) is 1.69. The lowest BCUT2D eigenvalue weighted by atomic mass is 10.2. The lowest BCUT2D eigenvalue weighted by molar-refractivity contribution is 0.583. The number of nitrogens with one attached hydrogen (secondary N) is 1. The molecule has 0 aliphatic carbocycles. The minimum absolute atomic E-state index is 0.163. The van der Waals surface area contributed by atoms with Gasteiger partial charge in [-0.3, -0.25) is 0 Å². The van der Waals surface area contributed by atoms with Crippen molar-refractivity contribution in [2.75, 3.05) is 0 Å². The summed E-state index contributed by atoms with van der Waals surface area (Å²) in [5.74, 6) is 0.525. The highest BCUT2D eigenvalue weighted by molar-refractivity contribution is 7.89. The van der Waals surface area contributed by atoms with Gasteiger partial charge in [0.15, 0.2) is 5.76 Å². The van der Waals surface area contributed by atoms with Crippen LogP contribution in [0.25, 0.3) is 11.0 Å². The highest BCUT2D eigenvalue weighted by Crippen LogP contribution is 2.19. The maximum Gasteiger partial charge on any atom is 0.276 e. The number of hydrogen-bond donors (Lipinski definition) is 1. The topological polar surface area (TPSA) is 71.7 Å². The molecule has 1 N–H and O–H groups in total. The summed E-state index contributed by atoms with van der Waals surface area (Å²) >= 11 is 0. The minimum atomic E-state index is -3.67. The molecule has 3 rings (SSSR count). The normalized spacial score (nSPS) is 12.5. The SMILES string of the molecule is C/C(=N/NS(=O)(=O)c1ccccc1)c1cc2ccccc2o1. The Morgan fingerprint density at radius 1 is 1.05 bits per heavy atom. The fourth-order valence-corrected chi connectivity index (χ4v) is 2.87. The Morgan fingerprint density at radius 3 is 2.45 bits per heavy atom. The van der Waals surface area contributed by atoms with Gasteiger partial charge in [-0.2, -0.15) is 18.4 Å². The van der Waals surface area contributed by atoms with E-state index < -0.39 is 10.0 Å². The second-order valence-corrected chi connectivity index (χ2v) is 6.41. The molecule has 0 bridgehead atoms. The highest BCUT2D eigenvalue weighted by Gasteiger charge is 2.13. The third kappa shape index (κ3) is 2.87. The van der Waals surface area contributed by atoms with Gasteiger partial charge in [0, 0.05) is 5.39 Å².